The van der Waals surface area contributed by atoms with Crippen molar-refractivity contribution in [3.8, 4) is 0 Å². The van der Waals surface area contributed by atoms with Crippen LogP contribution in [-0.2, 0) is 16.8 Å². The van der Waals surface area contributed by atoms with Crippen LogP contribution in [0.1, 0.15) is 62.2 Å². The first kappa shape index (κ1) is 16.3. The number of carbonyl (C=O) groups is 1. The zero-order valence-electron chi connectivity index (χ0n) is 14.6. The third-order valence-electron chi connectivity index (χ3n) is 5.39. The normalized spacial score (nSPS) is 22.2. The second-order valence-electron chi connectivity index (χ2n) is 7.29. The van der Waals surface area contributed by atoms with E-state index in [1.54, 1.807) is 0 Å². The number of benzene rings is 1. The van der Waals surface area contributed by atoms with Crippen molar-refractivity contribution in [1.29, 1.82) is 0 Å². The summed E-state index contributed by atoms with van der Waals surface area (Å²) in [6.45, 7) is 2.74. The standard InChI is InChI=1S/C19H24N4O2/c1-2-4-13-5-7-15(8-6-13)23-12-14(11-16(23)24)17-21-18(22-25-17)19(20)9-3-10-19/h5-8,14H,2-4,9-12,20H2,1H3. The SMILES string of the molecule is CCCc1ccc(N2CC(c3nc(C4(N)CCC4)no3)CC2=O)cc1. The molecule has 25 heavy (non-hydrogen) atoms. The van der Waals surface area contributed by atoms with Crippen LogP contribution in [0.25, 0.3) is 0 Å². The van der Waals surface area contributed by atoms with E-state index in [4.69, 9.17) is 10.3 Å². The Labute approximate surface area is 147 Å². The number of carbonyl (C=O) groups excluding carboxylic acids is 1. The highest BCUT2D eigenvalue weighted by molar-refractivity contribution is 5.96. The second-order valence-corrected chi connectivity index (χ2v) is 7.29. The maximum atomic E-state index is 12.5. The molecule has 0 radical (unpaired) electrons. The van der Waals surface area contributed by atoms with Gasteiger partial charge in [0.05, 0.1) is 11.5 Å². The van der Waals surface area contributed by atoms with Crippen LogP contribution in [0.15, 0.2) is 28.8 Å². The summed E-state index contributed by atoms with van der Waals surface area (Å²) in [5.74, 6) is 1.15. The van der Waals surface area contributed by atoms with Gasteiger partial charge in [-0.05, 0) is 43.4 Å². The molecule has 6 nitrogen and oxygen atoms in total. The molecule has 132 valence electrons. The minimum Gasteiger partial charge on any atom is -0.339 e. The number of hydrogen-bond donors (Lipinski definition) is 1. The van der Waals surface area contributed by atoms with E-state index in [2.05, 4.69) is 29.2 Å². The maximum absolute atomic E-state index is 12.5. The molecule has 1 aliphatic heterocycles. The molecule has 2 heterocycles. The Kier molecular flexibility index (Phi) is 4.07. The van der Waals surface area contributed by atoms with Crippen molar-refractivity contribution in [2.24, 2.45) is 5.73 Å². The molecule has 1 amide bonds. The molecule has 1 aliphatic carbocycles. The molecule has 2 fully saturated rings. The number of nitrogens with two attached hydrogens (primary N) is 1. The van der Waals surface area contributed by atoms with Gasteiger partial charge in [-0.25, -0.2) is 0 Å². The number of rotatable bonds is 5. The Morgan fingerprint density at radius 2 is 2.08 bits per heavy atom. The largest absolute Gasteiger partial charge is 0.339 e. The Morgan fingerprint density at radius 1 is 1.32 bits per heavy atom. The first-order chi connectivity index (χ1) is 12.1. The minimum atomic E-state index is -0.431. The Bertz CT molecular complexity index is 764. The Hall–Kier alpha value is -2.21. The fourth-order valence-electron chi connectivity index (χ4n) is 3.64. The molecular formula is C19H24N4O2. The summed E-state index contributed by atoms with van der Waals surface area (Å²) in [6.07, 6.45) is 5.46. The van der Waals surface area contributed by atoms with Gasteiger partial charge >= 0.3 is 0 Å². The van der Waals surface area contributed by atoms with Crippen molar-refractivity contribution in [1.82, 2.24) is 10.1 Å². The molecule has 1 atom stereocenters. The summed E-state index contributed by atoms with van der Waals surface area (Å²) < 4.78 is 5.43. The predicted molar refractivity (Wildman–Crippen MR) is 94.2 cm³/mol. The lowest BCUT2D eigenvalue weighted by Gasteiger charge is -2.34. The zero-order valence-corrected chi connectivity index (χ0v) is 14.6. The molecule has 1 saturated heterocycles. The molecule has 4 rings (SSSR count). The van der Waals surface area contributed by atoms with Crippen molar-refractivity contribution in [2.75, 3.05) is 11.4 Å². The summed E-state index contributed by atoms with van der Waals surface area (Å²) in [4.78, 5) is 18.8. The van der Waals surface area contributed by atoms with Crippen molar-refractivity contribution < 1.29 is 9.32 Å². The summed E-state index contributed by atoms with van der Waals surface area (Å²) >= 11 is 0. The zero-order chi connectivity index (χ0) is 17.4. The second kappa shape index (κ2) is 6.26. The third-order valence-corrected chi connectivity index (χ3v) is 5.39. The molecule has 2 aliphatic rings. The molecular weight excluding hydrogens is 316 g/mol. The van der Waals surface area contributed by atoms with E-state index in [0.29, 0.717) is 24.7 Å². The van der Waals surface area contributed by atoms with Crippen LogP contribution in [0.2, 0.25) is 0 Å². The Morgan fingerprint density at radius 3 is 2.72 bits per heavy atom. The van der Waals surface area contributed by atoms with Crippen molar-refractivity contribution in [3.05, 3.63) is 41.5 Å². The fourth-order valence-corrected chi connectivity index (χ4v) is 3.64. The monoisotopic (exact) mass is 340 g/mol. The number of amides is 1. The van der Waals surface area contributed by atoms with Crippen molar-refractivity contribution >= 4 is 11.6 Å². The van der Waals surface area contributed by atoms with Crippen LogP contribution in [0.3, 0.4) is 0 Å². The fraction of sp³-hybridized carbons (Fsp3) is 0.526. The van der Waals surface area contributed by atoms with Crippen molar-refractivity contribution in [3.63, 3.8) is 0 Å². The number of nitrogens with zero attached hydrogens (tertiary/aromatic N) is 3. The van der Waals surface area contributed by atoms with E-state index < -0.39 is 5.54 Å². The lowest BCUT2D eigenvalue weighted by Crippen LogP contribution is -2.44. The van der Waals surface area contributed by atoms with Gasteiger partial charge in [-0.3, -0.25) is 4.79 Å². The van der Waals surface area contributed by atoms with E-state index in [1.807, 2.05) is 17.0 Å². The van der Waals surface area contributed by atoms with Crippen LogP contribution in [0, 0.1) is 0 Å². The molecule has 0 spiro atoms. The smallest absolute Gasteiger partial charge is 0.232 e. The van der Waals surface area contributed by atoms with Crippen molar-refractivity contribution in [2.45, 2.75) is 56.9 Å². The van der Waals surface area contributed by atoms with Gasteiger partial charge < -0.3 is 15.2 Å². The third kappa shape index (κ3) is 2.95. The number of hydrogen-bond acceptors (Lipinski definition) is 5. The van der Waals surface area contributed by atoms with Crippen LogP contribution in [0.5, 0.6) is 0 Å². The number of anilines is 1. The average molecular weight is 340 g/mol. The molecule has 1 aromatic carbocycles. The van der Waals surface area contributed by atoms with Crippen LogP contribution in [-0.4, -0.2) is 22.6 Å². The van der Waals surface area contributed by atoms with Gasteiger partial charge in [-0.1, -0.05) is 30.6 Å². The summed E-state index contributed by atoms with van der Waals surface area (Å²) in [5.41, 5.74) is 8.05. The highest BCUT2D eigenvalue weighted by atomic mass is 16.5. The van der Waals surface area contributed by atoms with E-state index in [1.165, 1.54) is 5.56 Å². The molecule has 1 unspecified atom stereocenters. The molecule has 2 aromatic rings. The first-order valence-corrected chi connectivity index (χ1v) is 9.11. The number of aryl methyl sites for hydroxylation is 1. The quantitative estimate of drug-likeness (QED) is 0.904. The Balaban J connectivity index is 1.48. The highest BCUT2D eigenvalue weighted by Gasteiger charge is 2.41. The predicted octanol–water partition coefficient (Wildman–Crippen LogP) is 2.88. The molecule has 6 heteroatoms. The summed E-state index contributed by atoms with van der Waals surface area (Å²) in [5, 5.41) is 4.07. The van der Waals surface area contributed by atoms with Gasteiger partial charge in [0, 0.05) is 18.7 Å². The lowest BCUT2D eigenvalue weighted by molar-refractivity contribution is -0.117. The molecule has 2 N–H and O–H groups in total. The molecule has 1 saturated carbocycles. The molecule has 0 bridgehead atoms. The molecule has 1 aromatic heterocycles. The van der Waals surface area contributed by atoms with E-state index >= 15 is 0 Å². The van der Waals surface area contributed by atoms with Gasteiger partial charge in [0.2, 0.25) is 11.8 Å². The van der Waals surface area contributed by atoms with E-state index in [-0.39, 0.29) is 11.8 Å². The maximum Gasteiger partial charge on any atom is 0.232 e. The van der Waals surface area contributed by atoms with E-state index in [9.17, 15) is 4.79 Å². The van der Waals surface area contributed by atoms with E-state index in [0.717, 1.165) is 37.8 Å². The van der Waals surface area contributed by atoms with Gasteiger partial charge in [-0.15, -0.1) is 0 Å². The van der Waals surface area contributed by atoms with Crippen LogP contribution in [0.4, 0.5) is 5.69 Å². The van der Waals surface area contributed by atoms with Gasteiger partial charge in [-0.2, -0.15) is 4.98 Å². The topological polar surface area (TPSA) is 85.2 Å². The first-order valence-electron chi connectivity index (χ1n) is 9.11. The lowest BCUT2D eigenvalue weighted by atomic mass is 9.77. The van der Waals surface area contributed by atoms with Crippen LogP contribution >= 0.6 is 0 Å². The van der Waals surface area contributed by atoms with Gasteiger partial charge in [0.15, 0.2) is 5.82 Å². The van der Waals surface area contributed by atoms with Crippen LogP contribution < -0.4 is 10.6 Å². The van der Waals surface area contributed by atoms with Gasteiger partial charge in [0.1, 0.15) is 0 Å². The summed E-state index contributed by atoms with van der Waals surface area (Å²) in [7, 11) is 0. The minimum absolute atomic E-state index is 0.0623. The number of aromatic nitrogens is 2. The summed E-state index contributed by atoms with van der Waals surface area (Å²) in [6, 6.07) is 8.24. The van der Waals surface area contributed by atoms with Gasteiger partial charge in [0.25, 0.3) is 0 Å². The highest BCUT2D eigenvalue weighted by Crippen LogP contribution is 2.38. The average Bonchev–Trinajstić information content (AvgIpc) is 3.21.